The van der Waals surface area contributed by atoms with E-state index in [-0.39, 0.29) is 30.6 Å². The molecule has 0 saturated heterocycles. The quantitative estimate of drug-likeness (QED) is 0.569. The molecule has 0 aromatic rings. The van der Waals surface area contributed by atoms with Crippen molar-refractivity contribution in [3.63, 3.8) is 0 Å². The number of hydrogen-bond donors (Lipinski definition) is 3. The van der Waals surface area contributed by atoms with E-state index in [1.54, 1.807) is 0 Å². The first-order valence-electron chi connectivity index (χ1n) is 6.70. The third-order valence-corrected chi connectivity index (χ3v) is 3.36. The molecule has 0 aliphatic heterocycles. The van der Waals surface area contributed by atoms with Gasteiger partial charge in [0.25, 0.3) is 0 Å². The molecule has 0 amide bonds. The zero-order chi connectivity index (χ0) is 15.9. The van der Waals surface area contributed by atoms with Crippen LogP contribution in [-0.4, -0.2) is 33.2 Å². The summed E-state index contributed by atoms with van der Waals surface area (Å²) < 4.78 is 0. The number of carboxylic acid groups (broad SMARTS) is 3. The van der Waals surface area contributed by atoms with Gasteiger partial charge in [0, 0.05) is 6.42 Å². The van der Waals surface area contributed by atoms with Gasteiger partial charge >= 0.3 is 17.9 Å². The van der Waals surface area contributed by atoms with Gasteiger partial charge in [0.15, 0.2) is 0 Å². The normalized spacial score (nSPS) is 14.6. The molecule has 0 bridgehead atoms. The fourth-order valence-electron chi connectivity index (χ4n) is 2.50. The van der Waals surface area contributed by atoms with E-state index >= 15 is 0 Å². The van der Waals surface area contributed by atoms with Crippen LogP contribution in [-0.2, 0) is 14.4 Å². The largest absolute Gasteiger partial charge is 0.481 e. The van der Waals surface area contributed by atoms with Gasteiger partial charge in [0.1, 0.15) is 0 Å². The van der Waals surface area contributed by atoms with E-state index in [9.17, 15) is 14.4 Å². The molecular weight excluding hydrogens is 264 g/mol. The van der Waals surface area contributed by atoms with Gasteiger partial charge in [-0.05, 0) is 30.6 Å². The standard InChI is InChI=1S/C14H24O6/c1-9(6-11(15)16)8-14(2,3)5-4-10(13(19)20)7-12(17)18/h9-10H,4-8H2,1-3H3,(H,15,16)(H,17,18)(H,19,20). The van der Waals surface area contributed by atoms with Crippen molar-refractivity contribution in [1.29, 1.82) is 0 Å². The molecule has 0 heterocycles. The van der Waals surface area contributed by atoms with Crippen molar-refractivity contribution in [2.24, 2.45) is 17.3 Å². The number of carbonyl (C=O) groups is 3. The highest BCUT2D eigenvalue weighted by Crippen LogP contribution is 2.33. The Balaban J connectivity index is 4.40. The van der Waals surface area contributed by atoms with Crippen LogP contribution in [0.3, 0.4) is 0 Å². The zero-order valence-corrected chi connectivity index (χ0v) is 12.3. The van der Waals surface area contributed by atoms with E-state index in [1.807, 2.05) is 20.8 Å². The lowest BCUT2D eigenvalue weighted by molar-refractivity contribution is -0.148. The molecule has 0 fully saturated rings. The van der Waals surface area contributed by atoms with Crippen LogP contribution in [0.4, 0.5) is 0 Å². The summed E-state index contributed by atoms with van der Waals surface area (Å²) in [5, 5.41) is 26.4. The van der Waals surface area contributed by atoms with Crippen molar-refractivity contribution in [1.82, 2.24) is 0 Å². The van der Waals surface area contributed by atoms with Gasteiger partial charge in [-0.3, -0.25) is 14.4 Å². The Kier molecular flexibility index (Phi) is 7.24. The molecule has 0 aliphatic carbocycles. The number of rotatable bonds is 10. The van der Waals surface area contributed by atoms with Gasteiger partial charge in [-0.1, -0.05) is 20.8 Å². The summed E-state index contributed by atoms with van der Waals surface area (Å²) in [5.41, 5.74) is -0.207. The molecule has 6 nitrogen and oxygen atoms in total. The summed E-state index contributed by atoms with van der Waals surface area (Å²) in [7, 11) is 0. The Morgan fingerprint density at radius 1 is 1.00 bits per heavy atom. The summed E-state index contributed by atoms with van der Waals surface area (Å²) in [6.45, 7) is 5.75. The lowest BCUT2D eigenvalue weighted by Gasteiger charge is -2.28. The van der Waals surface area contributed by atoms with E-state index < -0.39 is 23.8 Å². The summed E-state index contributed by atoms with van der Waals surface area (Å²) >= 11 is 0. The maximum absolute atomic E-state index is 11.0. The molecule has 0 spiro atoms. The van der Waals surface area contributed by atoms with E-state index in [2.05, 4.69) is 0 Å². The number of hydrogen-bond acceptors (Lipinski definition) is 3. The first-order chi connectivity index (χ1) is 9.03. The van der Waals surface area contributed by atoms with Gasteiger partial charge in [-0.25, -0.2) is 0 Å². The number of aliphatic carboxylic acids is 3. The lowest BCUT2D eigenvalue weighted by Crippen LogP contribution is -2.23. The van der Waals surface area contributed by atoms with Crippen LogP contribution in [0.1, 0.15) is 52.9 Å². The van der Waals surface area contributed by atoms with E-state index in [1.165, 1.54) is 0 Å². The molecule has 6 heteroatoms. The molecule has 0 aromatic carbocycles. The maximum Gasteiger partial charge on any atom is 0.307 e. The monoisotopic (exact) mass is 288 g/mol. The maximum atomic E-state index is 11.0. The highest BCUT2D eigenvalue weighted by atomic mass is 16.4. The lowest BCUT2D eigenvalue weighted by atomic mass is 9.77. The first-order valence-corrected chi connectivity index (χ1v) is 6.70. The second-order valence-electron chi connectivity index (χ2n) is 6.24. The predicted octanol–water partition coefficient (Wildman–Crippen LogP) is 2.47. The van der Waals surface area contributed by atoms with E-state index in [4.69, 9.17) is 15.3 Å². The average molecular weight is 288 g/mol. The Morgan fingerprint density at radius 3 is 1.90 bits per heavy atom. The minimum atomic E-state index is -1.12. The number of carboxylic acids is 3. The van der Waals surface area contributed by atoms with Crippen molar-refractivity contribution in [3.05, 3.63) is 0 Å². The molecule has 116 valence electrons. The second-order valence-corrected chi connectivity index (χ2v) is 6.24. The van der Waals surface area contributed by atoms with Crippen molar-refractivity contribution in [3.8, 4) is 0 Å². The van der Waals surface area contributed by atoms with Gasteiger partial charge in [0.05, 0.1) is 12.3 Å². The Labute approximate surface area is 118 Å². The third-order valence-electron chi connectivity index (χ3n) is 3.36. The van der Waals surface area contributed by atoms with Crippen molar-refractivity contribution < 1.29 is 29.7 Å². The van der Waals surface area contributed by atoms with Crippen LogP contribution in [0, 0.1) is 17.3 Å². The molecule has 0 saturated carbocycles. The van der Waals surface area contributed by atoms with Gasteiger partial charge in [-0.15, -0.1) is 0 Å². The van der Waals surface area contributed by atoms with Gasteiger partial charge < -0.3 is 15.3 Å². The van der Waals surface area contributed by atoms with Crippen LogP contribution >= 0.6 is 0 Å². The topological polar surface area (TPSA) is 112 Å². The van der Waals surface area contributed by atoms with Crippen molar-refractivity contribution in [2.75, 3.05) is 0 Å². The van der Waals surface area contributed by atoms with Gasteiger partial charge in [-0.2, -0.15) is 0 Å². The fraction of sp³-hybridized carbons (Fsp3) is 0.786. The summed E-state index contributed by atoms with van der Waals surface area (Å²) in [4.78, 5) is 32.2. The van der Waals surface area contributed by atoms with E-state index in [0.29, 0.717) is 12.8 Å². The molecular formula is C14H24O6. The summed E-state index contributed by atoms with van der Waals surface area (Å²) in [6, 6.07) is 0. The zero-order valence-electron chi connectivity index (χ0n) is 12.3. The van der Waals surface area contributed by atoms with Crippen LogP contribution in [0.15, 0.2) is 0 Å². The smallest absolute Gasteiger partial charge is 0.307 e. The van der Waals surface area contributed by atoms with Crippen LogP contribution in [0.2, 0.25) is 0 Å². The predicted molar refractivity (Wildman–Crippen MR) is 72.4 cm³/mol. The third kappa shape index (κ3) is 8.50. The van der Waals surface area contributed by atoms with Crippen LogP contribution in [0.25, 0.3) is 0 Å². The molecule has 0 aromatic heterocycles. The van der Waals surface area contributed by atoms with Crippen LogP contribution < -0.4 is 0 Å². The molecule has 0 radical (unpaired) electrons. The fourth-order valence-corrected chi connectivity index (χ4v) is 2.50. The molecule has 2 unspecified atom stereocenters. The molecule has 0 rings (SSSR count). The summed E-state index contributed by atoms with van der Waals surface area (Å²) in [5.74, 6) is -3.94. The first kappa shape index (κ1) is 18.4. The SMILES string of the molecule is CC(CC(=O)O)CC(C)(C)CCC(CC(=O)O)C(=O)O. The Hall–Kier alpha value is -1.59. The van der Waals surface area contributed by atoms with Crippen molar-refractivity contribution in [2.45, 2.75) is 52.9 Å². The summed E-state index contributed by atoms with van der Waals surface area (Å²) in [6.07, 6.45) is 1.21. The van der Waals surface area contributed by atoms with E-state index in [0.717, 1.165) is 0 Å². The van der Waals surface area contributed by atoms with Crippen molar-refractivity contribution >= 4 is 17.9 Å². The Bertz CT molecular complexity index is 361. The average Bonchev–Trinajstić information content (AvgIpc) is 2.20. The second kappa shape index (κ2) is 7.87. The van der Waals surface area contributed by atoms with Crippen LogP contribution in [0.5, 0.6) is 0 Å². The molecule has 3 N–H and O–H groups in total. The molecule has 2 atom stereocenters. The minimum Gasteiger partial charge on any atom is -0.481 e. The minimum absolute atomic E-state index is 0.00486. The molecule has 20 heavy (non-hydrogen) atoms. The van der Waals surface area contributed by atoms with Gasteiger partial charge in [0.2, 0.25) is 0 Å². The Morgan fingerprint density at radius 2 is 1.50 bits per heavy atom. The highest BCUT2D eigenvalue weighted by Gasteiger charge is 2.27. The molecule has 0 aliphatic rings. The highest BCUT2D eigenvalue weighted by molar-refractivity contribution is 5.77.